The summed E-state index contributed by atoms with van der Waals surface area (Å²) in [5, 5.41) is 4.44. The molecule has 25 heavy (non-hydrogen) atoms. The molecule has 1 aliphatic carbocycles. The van der Waals surface area contributed by atoms with Crippen molar-refractivity contribution in [3.63, 3.8) is 0 Å². The number of amides is 1. The number of halogens is 1. The first kappa shape index (κ1) is 16.2. The van der Waals surface area contributed by atoms with Crippen LogP contribution < -0.4 is 0 Å². The van der Waals surface area contributed by atoms with Gasteiger partial charge in [0.2, 0.25) is 5.91 Å². The number of furan rings is 1. The van der Waals surface area contributed by atoms with Crippen LogP contribution in [0.1, 0.15) is 30.6 Å². The average molecular weight is 359 g/mol. The molecule has 2 aliphatic rings. The number of hydrogen-bond donors (Lipinski definition) is 0. The molecule has 1 aliphatic heterocycles. The van der Waals surface area contributed by atoms with Crippen molar-refractivity contribution < 1.29 is 14.0 Å². The molecule has 2 aromatic rings. The molecule has 1 fully saturated rings. The van der Waals surface area contributed by atoms with Crippen molar-refractivity contribution in [1.29, 1.82) is 0 Å². The largest absolute Gasteiger partial charge is 0.443 e. The monoisotopic (exact) mass is 358 g/mol. The molecule has 5 nitrogen and oxygen atoms in total. The lowest BCUT2D eigenvalue weighted by Crippen LogP contribution is -2.38. The molecular formula is C19H19ClN2O3. The number of carbonyl (C=O) groups excluding carboxylic acids is 1. The van der Waals surface area contributed by atoms with E-state index in [1.165, 1.54) is 0 Å². The zero-order chi connectivity index (χ0) is 17.2. The second-order valence-corrected chi connectivity index (χ2v) is 6.92. The Labute approximate surface area is 151 Å². The molecule has 130 valence electrons. The maximum atomic E-state index is 12.6. The zero-order valence-corrected chi connectivity index (χ0v) is 14.5. The molecule has 4 rings (SSSR count). The molecule has 1 saturated carbocycles. The number of rotatable bonds is 6. The SMILES string of the molecule is O=C(C1CC1)N(Cc1ccccc1)C[C@H]1CC(c2ccc(Cl)o2)=NO1. The molecule has 1 atom stereocenters. The van der Waals surface area contributed by atoms with E-state index in [2.05, 4.69) is 5.16 Å². The van der Waals surface area contributed by atoms with Crippen LogP contribution in [0, 0.1) is 5.92 Å². The highest BCUT2D eigenvalue weighted by Crippen LogP contribution is 2.32. The van der Waals surface area contributed by atoms with Gasteiger partial charge in [0.05, 0.1) is 6.54 Å². The van der Waals surface area contributed by atoms with Gasteiger partial charge in [0.15, 0.2) is 17.1 Å². The third-order valence-electron chi connectivity index (χ3n) is 4.47. The fraction of sp³-hybridized carbons (Fsp3) is 0.368. The summed E-state index contributed by atoms with van der Waals surface area (Å²) in [6.45, 7) is 1.11. The highest BCUT2D eigenvalue weighted by molar-refractivity contribution is 6.29. The van der Waals surface area contributed by atoms with Crippen molar-refractivity contribution in [2.45, 2.75) is 31.9 Å². The normalized spacial score (nSPS) is 19.4. The van der Waals surface area contributed by atoms with Gasteiger partial charge in [-0.2, -0.15) is 0 Å². The van der Waals surface area contributed by atoms with E-state index < -0.39 is 0 Å². The minimum absolute atomic E-state index is 0.162. The van der Waals surface area contributed by atoms with E-state index in [1.54, 1.807) is 12.1 Å². The van der Waals surface area contributed by atoms with Crippen LogP contribution in [0.2, 0.25) is 5.22 Å². The van der Waals surface area contributed by atoms with Gasteiger partial charge in [-0.25, -0.2) is 0 Å². The Morgan fingerprint density at radius 3 is 2.68 bits per heavy atom. The Morgan fingerprint density at radius 1 is 1.20 bits per heavy atom. The first-order valence-corrected chi connectivity index (χ1v) is 8.88. The zero-order valence-electron chi connectivity index (χ0n) is 13.7. The fourth-order valence-electron chi connectivity index (χ4n) is 3.01. The summed E-state index contributed by atoms with van der Waals surface area (Å²) in [6.07, 6.45) is 2.42. The first-order chi connectivity index (χ1) is 12.2. The Hall–Kier alpha value is -2.27. The predicted octanol–water partition coefficient (Wildman–Crippen LogP) is 3.86. The van der Waals surface area contributed by atoms with Gasteiger partial charge >= 0.3 is 0 Å². The molecule has 2 heterocycles. The Balaban J connectivity index is 1.41. The molecule has 0 radical (unpaired) electrons. The number of nitrogens with zero attached hydrogens (tertiary/aromatic N) is 2. The summed E-state index contributed by atoms with van der Waals surface area (Å²) < 4.78 is 5.39. The quantitative estimate of drug-likeness (QED) is 0.787. The molecular weight excluding hydrogens is 340 g/mol. The van der Waals surface area contributed by atoms with Gasteiger partial charge in [0.25, 0.3) is 0 Å². The summed E-state index contributed by atoms with van der Waals surface area (Å²) in [4.78, 5) is 20.1. The smallest absolute Gasteiger partial charge is 0.226 e. The molecule has 0 N–H and O–H groups in total. The van der Waals surface area contributed by atoms with Crippen LogP contribution >= 0.6 is 11.6 Å². The maximum Gasteiger partial charge on any atom is 0.226 e. The van der Waals surface area contributed by atoms with E-state index in [4.69, 9.17) is 20.9 Å². The summed E-state index contributed by atoms with van der Waals surface area (Å²) in [6, 6.07) is 13.5. The highest BCUT2D eigenvalue weighted by atomic mass is 35.5. The molecule has 1 amide bonds. The predicted molar refractivity (Wildman–Crippen MR) is 94.3 cm³/mol. The van der Waals surface area contributed by atoms with Crippen molar-refractivity contribution in [1.82, 2.24) is 4.90 Å². The molecule has 0 spiro atoms. The minimum atomic E-state index is -0.162. The molecule has 6 heteroatoms. The third-order valence-corrected chi connectivity index (χ3v) is 4.67. The lowest BCUT2D eigenvalue weighted by molar-refractivity contribution is -0.135. The Bertz CT molecular complexity index is 783. The van der Waals surface area contributed by atoms with E-state index in [9.17, 15) is 4.79 Å². The third kappa shape index (κ3) is 3.87. The van der Waals surface area contributed by atoms with Gasteiger partial charge < -0.3 is 14.2 Å². The van der Waals surface area contributed by atoms with Crippen LogP contribution in [0.25, 0.3) is 0 Å². The van der Waals surface area contributed by atoms with E-state index in [0.717, 1.165) is 24.1 Å². The van der Waals surface area contributed by atoms with E-state index in [1.807, 2.05) is 35.2 Å². The van der Waals surface area contributed by atoms with Gasteiger partial charge in [-0.05, 0) is 42.1 Å². The average Bonchev–Trinajstić information content (AvgIpc) is 3.22. The van der Waals surface area contributed by atoms with E-state index in [0.29, 0.717) is 30.5 Å². The number of carbonyl (C=O) groups is 1. The van der Waals surface area contributed by atoms with Crippen LogP contribution in [0.3, 0.4) is 0 Å². The van der Waals surface area contributed by atoms with Crippen LogP contribution in [-0.2, 0) is 16.2 Å². The van der Waals surface area contributed by atoms with Gasteiger partial charge in [-0.1, -0.05) is 35.5 Å². The molecule has 1 aromatic carbocycles. The van der Waals surface area contributed by atoms with Crippen LogP contribution in [0.4, 0.5) is 0 Å². The van der Waals surface area contributed by atoms with Crippen LogP contribution in [-0.4, -0.2) is 29.2 Å². The van der Waals surface area contributed by atoms with Crippen molar-refractivity contribution >= 4 is 23.2 Å². The lowest BCUT2D eigenvalue weighted by atomic mass is 10.1. The van der Waals surface area contributed by atoms with Crippen molar-refractivity contribution in [3.05, 3.63) is 59.0 Å². The van der Waals surface area contributed by atoms with Gasteiger partial charge in [-0.3, -0.25) is 4.79 Å². The molecule has 0 unspecified atom stereocenters. The highest BCUT2D eigenvalue weighted by Gasteiger charge is 2.36. The molecule has 1 aromatic heterocycles. The summed E-state index contributed by atoms with van der Waals surface area (Å²) in [7, 11) is 0. The van der Waals surface area contributed by atoms with Gasteiger partial charge in [0, 0.05) is 18.9 Å². The van der Waals surface area contributed by atoms with Crippen LogP contribution in [0.5, 0.6) is 0 Å². The topological polar surface area (TPSA) is 55.0 Å². The number of hydrogen-bond acceptors (Lipinski definition) is 4. The minimum Gasteiger partial charge on any atom is -0.443 e. The number of oxime groups is 1. The van der Waals surface area contributed by atoms with Crippen molar-refractivity contribution in [2.75, 3.05) is 6.54 Å². The second kappa shape index (κ2) is 6.92. The van der Waals surface area contributed by atoms with Gasteiger partial charge in [-0.15, -0.1) is 0 Å². The van der Waals surface area contributed by atoms with Gasteiger partial charge in [0.1, 0.15) is 5.71 Å². The Kier molecular flexibility index (Phi) is 4.49. The first-order valence-electron chi connectivity index (χ1n) is 8.50. The van der Waals surface area contributed by atoms with Crippen LogP contribution in [0.15, 0.2) is 52.0 Å². The number of benzene rings is 1. The summed E-state index contributed by atoms with van der Waals surface area (Å²) in [5.74, 6) is 1.01. The standard InChI is InChI=1S/C19H19ClN2O3/c20-18-9-8-17(24-18)16-10-15(25-21-16)12-22(19(23)14-6-7-14)11-13-4-2-1-3-5-13/h1-5,8-9,14-15H,6-7,10-12H2/t15-/m1/s1. The van der Waals surface area contributed by atoms with E-state index in [-0.39, 0.29) is 17.9 Å². The molecule has 0 saturated heterocycles. The fourth-order valence-corrected chi connectivity index (χ4v) is 3.16. The van der Waals surface area contributed by atoms with Crippen molar-refractivity contribution in [3.8, 4) is 0 Å². The van der Waals surface area contributed by atoms with E-state index >= 15 is 0 Å². The summed E-state index contributed by atoms with van der Waals surface area (Å²) >= 11 is 5.82. The van der Waals surface area contributed by atoms with Crippen molar-refractivity contribution in [2.24, 2.45) is 11.1 Å². The second-order valence-electron chi connectivity index (χ2n) is 6.55. The summed E-state index contributed by atoms with van der Waals surface area (Å²) in [5.41, 5.74) is 1.85. The maximum absolute atomic E-state index is 12.6. The Morgan fingerprint density at radius 2 is 2.00 bits per heavy atom. The molecule has 0 bridgehead atoms. The lowest BCUT2D eigenvalue weighted by Gasteiger charge is -2.25.